The predicted octanol–water partition coefficient (Wildman–Crippen LogP) is 2.06. The smallest absolute Gasteiger partial charge is 0.332 e. The maximum atomic E-state index is 13.9. The first-order chi connectivity index (χ1) is 17.3. The van der Waals surface area contributed by atoms with Crippen LogP contribution in [0.3, 0.4) is 0 Å². The van der Waals surface area contributed by atoms with E-state index in [1.807, 2.05) is 67.7 Å². The Balaban J connectivity index is 1.91. The van der Waals surface area contributed by atoms with E-state index < -0.39 is 0 Å². The Labute approximate surface area is 212 Å². The van der Waals surface area contributed by atoms with Crippen molar-refractivity contribution in [2.45, 2.75) is 58.8 Å². The van der Waals surface area contributed by atoms with E-state index in [9.17, 15) is 9.59 Å². The number of nitrogens with two attached hydrogens (primary N) is 1. The molecule has 1 aliphatic heterocycles. The van der Waals surface area contributed by atoms with Crippen molar-refractivity contribution in [2.24, 2.45) is 5.73 Å². The molecule has 0 amide bonds. The van der Waals surface area contributed by atoms with Gasteiger partial charge in [-0.1, -0.05) is 42.0 Å². The van der Waals surface area contributed by atoms with E-state index in [1.54, 1.807) is 4.57 Å². The van der Waals surface area contributed by atoms with Crippen LogP contribution in [-0.4, -0.2) is 63.4 Å². The molecule has 0 spiro atoms. The molecule has 0 saturated carbocycles. The summed E-state index contributed by atoms with van der Waals surface area (Å²) in [4.78, 5) is 36.7. The fourth-order valence-electron chi connectivity index (χ4n) is 4.74. The first-order valence-electron chi connectivity index (χ1n) is 12.8. The Morgan fingerprint density at radius 1 is 1.11 bits per heavy atom. The van der Waals surface area contributed by atoms with Gasteiger partial charge >= 0.3 is 5.69 Å². The van der Waals surface area contributed by atoms with E-state index in [2.05, 4.69) is 11.0 Å². The zero-order valence-corrected chi connectivity index (χ0v) is 22.0. The predicted molar refractivity (Wildman–Crippen MR) is 146 cm³/mol. The summed E-state index contributed by atoms with van der Waals surface area (Å²) < 4.78 is 5.04. The average molecular weight is 494 g/mol. The van der Waals surface area contributed by atoms with Crippen LogP contribution in [0, 0.1) is 0 Å². The second-order valence-electron chi connectivity index (χ2n) is 10.3. The SMILES string of the molecule is CC(C)=CCn1c(N2CCCC(N)C2)nc2c1c(=O)n(CCc1ccccc1)c(=O)n2CCN(C)C. The molecule has 0 aliphatic carbocycles. The minimum absolute atomic E-state index is 0.0638. The number of hydrogen-bond donors (Lipinski definition) is 1. The number of benzene rings is 1. The van der Waals surface area contributed by atoms with Crippen LogP contribution in [0.25, 0.3) is 11.2 Å². The molecule has 1 aromatic carbocycles. The molecule has 3 aromatic rings. The van der Waals surface area contributed by atoms with Gasteiger partial charge in [-0.05, 0) is 52.8 Å². The molecule has 2 N–H and O–H groups in total. The molecule has 1 unspecified atom stereocenters. The molecule has 9 nitrogen and oxygen atoms in total. The van der Waals surface area contributed by atoms with Gasteiger partial charge < -0.3 is 20.1 Å². The molecule has 1 saturated heterocycles. The van der Waals surface area contributed by atoms with E-state index in [1.165, 1.54) is 4.57 Å². The third-order valence-corrected chi connectivity index (χ3v) is 6.75. The minimum atomic E-state index is -0.306. The van der Waals surface area contributed by atoms with Gasteiger partial charge in [0.25, 0.3) is 5.56 Å². The summed E-state index contributed by atoms with van der Waals surface area (Å²) in [6.45, 7) is 7.54. The highest BCUT2D eigenvalue weighted by molar-refractivity contribution is 5.75. The summed E-state index contributed by atoms with van der Waals surface area (Å²) in [5, 5.41) is 0. The summed E-state index contributed by atoms with van der Waals surface area (Å²) in [6, 6.07) is 10.0. The van der Waals surface area contributed by atoms with Crippen LogP contribution in [0.15, 0.2) is 51.6 Å². The molecule has 0 radical (unpaired) electrons. The van der Waals surface area contributed by atoms with Crippen LogP contribution in [0.2, 0.25) is 0 Å². The van der Waals surface area contributed by atoms with Gasteiger partial charge in [0.2, 0.25) is 5.95 Å². The molecule has 1 aliphatic rings. The molecule has 0 bridgehead atoms. The molecule has 36 heavy (non-hydrogen) atoms. The second kappa shape index (κ2) is 11.3. The van der Waals surface area contributed by atoms with Crippen LogP contribution in [-0.2, 0) is 26.1 Å². The molecule has 4 rings (SSSR count). The van der Waals surface area contributed by atoms with Gasteiger partial charge in [-0.3, -0.25) is 13.9 Å². The Hall–Kier alpha value is -3.17. The van der Waals surface area contributed by atoms with E-state index >= 15 is 0 Å². The number of aryl methyl sites for hydroxylation is 1. The zero-order valence-electron chi connectivity index (χ0n) is 22.0. The third-order valence-electron chi connectivity index (χ3n) is 6.75. The fraction of sp³-hybridized carbons (Fsp3) is 0.519. The van der Waals surface area contributed by atoms with Gasteiger partial charge in [0.15, 0.2) is 11.2 Å². The number of nitrogens with zero attached hydrogens (tertiary/aromatic N) is 6. The number of piperidine rings is 1. The van der Waals surface area contributed by atoms with Crippen molar-refractivity contribution >= 4 is 17.1 Å². The van der Waals surface area contributed by atoms with Crippen LogP contribution in [0.1, 0.15) is 32.3 Å². The van der Waals surface area contributed by atoms with Crippen molar-refractivity contribution in [3.63, 3.8) is 0 Å². The quantitative estimate of drug-likeness (QED) is 0.459. The van der Waals surface area contributed by atoms with E-state index in [0.29, 0.717) is 56.3 Å². The van der Waals surface area contributed by atoms with Crippen molar-refractivity contribution in [1.29, 1.82) is 0 Å². The molecule has 9 heteroatoms. The number of imidazole rings is 1. The Bertz CT molecular complexity index is 1330. The van der Waals surface area contributed by atoms with Crippen LogP contribution in [0.4, 0.5) is 5.95 Å². The van der Waals surface area contributed by atoms with Gasteiger partial charge in [0.1, 0.15) is 0 Å². The first-order valence-corrected chi connectivity index (χ1v) is 12.8. The molecule has 2 aromatic heterocycles. The third kappa shape index (κ3) is 5.63. The Morgan fingerprint density at radius 2 is 1.86 bits per heavy atom. The van der Waals surface area contributed by atoms with Gasteiger partial charge in [0.05, 0.1) is 0 Å². The van der Waals surface area contributed by atoms with Crippen molar-refractivity contribution in [3.8, 4) is 0 Å². The van der Waals surface area contributed by atoms with E-state index in [4.69, 9.17) is 10.7 Å². The summed E-state index contributed by atoms with van der Waals surface area (Å²) in [7, 11) is 3.95. The number of likely N-dealkylation sites (N-methyl/N-ethyl adjacent to an activating group) is 1. The van der Waals surface area contributed by atoms with Gasteiger partial charge in [-0.25, -0.2) is 4.79 Å². The van der Waals surface area contributed by atoms with Crippen molar-refractivity contribution < 1.29 is 0 Å². The standard InChI is InChI=1S/C27H39N7O2/c1-20(2)12-15-32-23-24(29-26(32)31-14-8-11-22(28)19-31)33(18-17-30(3)4)27(36)34(25(23)35)16-13-21-9-6-5-7-10-21/h5-7,9-10,12,22H,8,11,13-19,28H2,1-4H3. The van der Waals surface area contributed by atoms with Crippen LogP contribution < -0.4 is 21.9 Å². The number of allylic oxidation sites excluding steroid dienone is 2. The Kier molecular flexibility index (Phi) is 8.11. The first kappa shape index (κ1) is 25.9. The molecule has 194 valence electrons. The lowest BCUT2D eigenvalue weighted by Gasteiger charge is -2.31. The maximum Gasteiger partial charge on any atom is 0.332 e. The van der Waals surface area contributed by atoms with E-state index in [-0.39, 0.29) is 17.3 Å². The van der Waals surface area contributed by atoms with Crippen molar-refractivity contribution in [1.82, 2.24) is 23.6 Å². The molecule has 1 fully saturated rings. The number of aromatic nitrogens is 4. The largest absolute Gasteiger partial charge is 0.341 e. The monoisotopic (exact) mass is 493 g/mol. The topological polar surface area (TPSA) is 94.3 Å². The maximum absolute atomic E-state index is 13.9. The summed E-state index contributed by atoms with van der Waals surface area (Å²) >= 11 is 0. The highest BCUT2D eigenvalue weighted by atomic mass is 16.2. The number of rotatable bonds is 9. The van der Waals surface area contributed by atoms with Crippen LogP contribution >= 0.6 is 0 Å². The summed E-state index contributed by atoms with van der Waals surface area (Å²) in [5.74, 6) is 0.716. The highest BCUT2D eigenvalue weighted by Crippen LogP contribution is 2.23. The van der Waals surface area contributed by atoms with E-state index in [0.717, 1.165) is 30.5 Å². The number of hydrogen-bond acceptors (Lipinski definition) is 6. The molecular formula is C27H39N7O2. The lowest BCUT2D eigenvalue weighted by atomic mass is 10.1. The van der Waals surface area contributed by atoms with Crippen molar-refractivity contribution in [2.75, 3.05) is 38.6 Å². The highest BCUT2D eigenvalue weighted by Gasteiger charge is 2.26. The summed E-state index contributed by atoms with van der Waals surface area (Å²) in [5.41, 5.74) is 8.89. The Morgan fingerprint density at radius 3 is 2.53 bits per heavy atom. The van der Waals surface area contributed by atoms with Gasteiger partial charge in [-0.15, -0.1) is 0 Å². The fourth-order valence-corrected chi connectivity index (χ4v) is 4.74. The number of anilines is 1. The molecule has 3 heterocycles. The zero-order chi connectivity index (χ0) is 25.8. The molecule has 1 atom stereocenters. The second-order valence-corrected chi connectivity index (χ2v) is 10.3. The van der Waals surface area contributed by atoms with Crippen LogP contribution in [0.5, 0.6) is 0 Å². The number of fused-ring (bicyclic) bond motifs is 1. The summed E-state index contributed by atoms with van der Waals surface area (Å²) in [6.07, 6.45) is 4.65. The minimum Gasteiger partial charge on any atom is -0.341 e. The lowest BCUT2D eigenvalue weighted by molar-refractivity contribution is 0.378. The average Bonchev–Trinajstić information content (AvgIpc) is 3.22. The van der Waals surface area contributed by atoms with Crippen molar-refractivity contribution in [3.05, 3.63) is 68.4 Å². The van der Waals surface area contributed by atoms with Gasteiger partial charge in [0, 0.05) is 45.3 Å². The lowest BCUT2D eigenvalue weighted by Crippen LogP contribution is -2.44. The normalized spacial score (nSPS) is 16.2. The molecular weight excluding hydrogens is 454 g/mol. The van der Waals surface area contributed by atoms with Gasteiger partial charge in [-0.2, -0.15) is 4.98 Å².